The smallest absolute Gasteiger partial charge is 0.326 e. The summed E-state index contributed by atoms with van der Waals surface area (Å²) in [5, 5.41) is 10.5. The lowest BCUT2D eigenvalue weighted by Gasteiger charge is -2.13. The van der Waals surface area contributed by atoms with Crippen LogP contribution in [0.15, 0.2) is 12.1 Å². The van der Waals surface area contributed by atoms with Crippen LogP contribution in [-0.2, 0) is 19.1 Å². The highest BCUT2D eigenvalue weighted by molar-refractivity contribution is 6.00. The van der Waals surface area contributed by atoms with Crippen molar-refractivity contribution in [1.29, 1.82) is 0 Å². The maximum Gasteiger partial charge on any atom is 0.326 e. The molecule has 0 unspecified atom stereocenters. The predicted octanol–water partition coefficient (Wildman–Crippen LogP) is 1.34. The topological polar surface area (TPSA) is 109 Å². The average Bonchev–Trinajstić information content (AvgIpc) is 2.39. The van der Waals surface area contributed by atoms with Crippen molar-refractivity contribution >= 4 is 17.6 Å². The van der Waals surface area contributed by atoms with E-state index in [1.807, 2.05) is 0 Å². The molecule has 114 valence electrons. The predicted molar refractivity (Wildman–Crippen MR) is 66.9 cm³/mol. The highest BCUT2D eigenvalue weighted by Crippen LogP contribution is 2.22. The Labute approximate surface area is 119 Å². The number of nitro groups is 1. The van der Waals surface area contributed by atoms with Crippen molar-refractivity contribution in [2.24, 2.45) is 0 Å². The fraction of sp³-hybridized carbons (Fsp3) is 0.417. The summed E-state index contributed by atoms with van der Waals surface area (Å²) < 4.78 is 22.9. The Kier molecular flexibility index (Phi) is 5.70. The molecular weight excluding hydrogens is 287 g/mol. The van der Waals surface area contributed by atoms with E-state index in [1.54, 1.807) is 0 Å². The molecule has 1 aromatic rings. The van der Waals surface area contributed by atoms with Gasteiger partial charge in [0.25, 0.3) is 5.95 Å². The number of hydrogen-bond donors (Lipinski definition) is 0. The molecule has 0 aliphatic rings. The molecule has 1 aromatic heterocycles. The van der Waals surface area contributed by atoms with Gasteiger partial charge in [-0.05, 0) is 19.9 Å². The van der Waals surface area contributed by atoms with Gasteiger partial charge in [-0.2, -0.15) is 4.39 Å². The molecule has 0 aliphatic carbocycles. The van der Waals surface area contributed by atoms with Crippen LogP contribution in [0.4, 0.5) is 10.1 Å². The summed E-state index contributed by atoms with van der Waals surface area (Å²) in [6.07, 6.45) is 0. The van der Waals surface area contributed by atoms with Gasteiger partial charge in [0.2, 0.25) is 0 Å². The van der Waals surface area contributed by atoms with Crippen LogP contribution in [-0.4, -0.2) is 35.1 Å². The van der Waals surface area contributed by atoms with Crippen molar-refractivity contribution in [3.8, 4) is 0 Å². The highest BCUT2D eigenvalue weighted by Gasteiger charge is 2.34. The van der Waals surface area contributed by atoms with Crippen LogP contribution in [0.25, 0.3) is 0 Å². The number of pyridine rings is 1. The van der Waals surface area contributed by atoms with E-state index >= 15 is 0 Å². The molecule has 0 fully saturated rings. The van der Waals surface area contributed by atoms with E-state index in [0.29, 0.717) is 0 Å². The first-order valence-electron chi connectivity index (χ1n) is 6.06. The van der Waals surface area contributed by atoms with E-state index in [1.165, 1.54) is 13.8 Å². The van der Waals surface area contributed by atoms with Crippen molar-refractivity contribution in [1.82, 2.24) is 4.98 Å². The highest BCUT2D eigenvalue weighted by atomic mass is 19.1. The molecule has 9 heteroatoms. The molecule has 0 amide bonds. The summed E-state index contributed by atoms with van der Waals surface area (Å²) in [7, 11) is 0. The Morgan fingerprint density at radius 3 is 2.19 bits per heavy atom. The minimum absolute atomic E-state index is 0.00417. The lowest BCUT2D eigenvalue weighted by Crippen LogP contribution is -2.27. The molecule has 8 nitrogen and oxygen atoms in total. The summed E-state index contributed by atoms with van der Waals surface area (Å²) in [6, 6.07) is 1.84. The summed E-state index contributed by atoms with van der Waals surface area (Å²) in [5.41, 5.74) is -1.17. The summed E-state index contributed by atoms with van der Waals surface area (Å²) in [4.78, 5) is 36.4. The second-order valence-electron chi connectivity index (χ2n) is 3.74. The van der Waals surface area contributed by atoms with E-state index in [2.05, 4.69) is 4.98 Å². The van der Waals surface area contributed by atoms with Crippen molar-refractivity contribution in [2.75, 3.05) is 13.2 Å². The van der Waals surface area contributed by atoms with Crippen LogP contribution < -0.4 is 0 Å². The van der Waals surface area contributed by atoms with E-state index in [4.69, 9.17) is 9.47 Å². The van der Waals surface area contributed by atoms with Crippen LogP contribution in [0.2, 0.25) is 0 Å². The molecule has 0 radical (unpaired) electrons. The third kappa shape index (κ3) is 3.94. The maximum absolute atomic E-state index is 13.5. The molecule has 0 saturated carbocycles. The molecule has 0 atom stereocenters. The van der Waals surface area contributed by atoms with E-state index < -0.39 is 34.4 Å². The Morgan fingerprint density at radius 1 is 1.29 bits per heavy atom. The van der Waals surface area contributed by atoms with Gasteiger partial charge in [0.05, 0.1) is 23.8 Å². The van der Waals surface area contributed by atoms with Crippen molar-refractivity contribution in [3.05, 3.63) is 33.9 Å². The second-order valence-corrected chi connectivity index (χ2v) is 3.74. The fourth-order valence-corrected chi connectivity index (χ4v) is 1.53. The van der Waals surface area contributed by atoms with Crippen LogP contribution in [0.5, 0.6) is 0 Å². The standard InChI is InChI=1S/C12H13FN2O6/c1-3-20-11(16)9(12(17)21-4-2)7-5-6-8(15(18)19)10(13)14-7/h5-6,9H,3-4H2,1-2H3. The molecular formula is C12H13FN2O6. The molecule has 1 heterocycles. The number of carbonyl (C=O) groups is 2. The average molecular weight is 300 g/mol. The third-order valence-corrected chi connectivity index (χ3v) is 2.39. The Balaban J connectivity index is 3.19. The third-order valence-electron chi connectivity index (χ3n) is 2.39. The van der Waals surface area contributed by atoms with Crippen LogP contribution in [0, 0.1) is 16.1 Å². The number of halogens is 1. The monoisotopic (exact) mass is 300 g/mol. The molecule has 0 N–H and O–H groups in total. The number of hydrogen-bond acceptors (Lipinski definition) is 7. The lowest BCUT2D eigenvalue weighted by atomic mass is 10.1. The van der Waals surface area contributed by atoms with Gasteiger partial charge in [0.1, 0.15) is 0 Å². The Hall–Kier alpha value is -2.58. The van der Waals surface area contributed by atoms with Gasteiger partial charge in [-0.3, -0.25) is 19.7 Å². The van der Waals surface area contributed by atoms with E-state index in [-0.39, 0.29) is 18.9 Å². The minimum atomic E-state index is -1.58. The van der Waals surface area contributed by atoms with Crippen LogP contribution in [0.1, 0.15) is 25.5 Å². The van der Waals surface area contributed by atoms with Gasteiger partial charge >= 0.3 is 17.6 Å². The SMILES string of the molecule is CCOC(=O)C(C(=O)OCC)c1ccc([N+](=O)[O-])c(F)n1. The zero-order valence-electron chi connectivity index (χ0n) is 11.4. The first-order chi connectivity index (χ1) is 9.92. The normalized spacial score (nSPS) is 10.3. The second kappa shape index (κ2) is 7.27. The lowest BCUT2D eigenvalue weighted by molar-refractivity contribution is -0.388. The van der Waals surface area contributed by atoms with Gasteiger partial charge < -0.3 is 9.47 Å². The van der Waals surface area contributed by atoms with Gasteiger partial charge in [0.15, 0.2) is 5.92 Å². The first kappa shape index (κ1) is 16.5. The Bertz CT molecular complexity index is 545. The van der Waals surface area contributed by atoms with Crippen molar-refractivity contribution in [2.45, 2.75) is 19.8 Å². The minimum Gasteiger partial charge on any atom is -0.465 e. The summed E-state index contributed by atoms with van der Waals surface area (Å²) in [6.45, 7) is 3.07. The van der Waals surface area contributed by atoms with Gasteiger partial charge in [0, 0.05) is 6.07 Å². The maximum atomic E-state index is 13.5. The molecule has 0 spiro atoms. The van der Waals surface area contributed by atoms with Crippen molar-refractivity contribution in [3.63, 3.8) is 0 Å². The number of carbonyl (C=O) groups excluding carboxylic acids is 2. The first-order valence-corrected chi connectivity index (χ1v) is 6.06. The van der Waals surface area contributed by atoms with Gasteiger partial charge in [-0.25, -0.2) is 4.98 Å². The molecule has 1 rings (SSSR count). The van der Waals surface area contributed by atoms with Gasteiger partial charge in [-0.1, -0.05) is 0 Å². The zero-order valence-corrected chi connectivity index (χ0v) is 11.4. The van der Waals surface area contributed by atoms with E-state index in [0.717, 1.165) is 12.1 Å². The van der Waals surface area contributed by atoms with Gasteiger partial charge in [-0.15, -0.1) is 0 Å². The molecule has 0 aliphatic heterocycles. The fourth-order valence-electron chi connectivity index (χ4n) is 1.53. The largest absolute Gasteiger partial charge is 0.465 e. The quantitative estimate of drug-likeness (QED) is 0.256. The number of ether oxygens (including phenoxy) is 2. The zero-order chi connectivity index (χ0) is 16.0. The Morgan fingerprint density at radius 2 is 1.81 bits per heavy atom. The molecule has 21 heavy (non-hydrogen) atoms. The molecule has 0 aromatic carbocycles. The van der Waals surface area contributed by atoms with Crippen LogP contribution >= 0.6 is 0 Å². The van der Waals surface area contributed by atoms with Crippen LogP contribution in [0.3, 0.4) is 0 Å². The number of nitrogens with zero attached hydrogens (tertiary/aromatic N) is 2. The molecule has 0 bridgehead atoms. The number of rotatable bonds is 6. The van der Waals surface area contributed by atoms with Crippen molar-refractivity contribution < 1.29 is 28.4 Å². The molecule has 0 saturated heterocycles. The number of esters is 2. The summed E-state index contributed by atoms with van der Waals surface area (Å²) in [5.74, 6) is -4.90. The number of aromatic nitrogens is 1. The van der Waals surface area contributed by atoms with E-state index in [9.17, 15) is 24.1 Å². The summed E-state index contributed by atoms with van der Waals surface area (Å²) >= 11 is 0.